The Morgan fingerprint density at radius 3 is 2.96 bits per heavy atom. The minimum Gasteiger partial charge on any atom is -0.350 e. The molecule has 2 aromatic heterocycles. The minimum absolute atomic E-state index is 0. The van der Waals surface area contributed by atoms with Gasteiger partial charge < -0.3 is 15.0 Å². The summed E-state index contributed by atoms with van der Waals surface area (Å²) < 4.78 is 2.01. The highest BCUT2D eigenvalue weighted by atomic mass is 35.5. The third-order valence-corrected chi connectivity index (χ3v) is 4.84. The topological polar surface area (TPSA) is 58.4 Å². The van der Waals surface area contributed by atoms with Crippen LogP contribution in [-0.4, -0.2) is 28.4 Å². The molecule has 1 fully saturated rings. The number of aryl methyl sites for hydroxylation is 1. The maximum atomic E-state index is 12.2. The van der Waals surface area contributed by atoms with Crippen molar-refractivity contribution in [3.63, 3.8) is 0 Å². The highest BCUT2D eigenvalue weighted by molar-refractivity contribution is 5.85. The summed E-state index contributed by atoms with van der Waals surface area (Å²) in [6.45, 7) is 6.88. The second-order valence-electron chi connectivity index (χ2n) is 6.72. The van der Waals surface area contributed by atoms with Crippen LogP contribution in [0.15, 0.2) is 24.5 Å². The molecule has 3 rings (SSSR count). The van der Waals surface area contributed by atoms with E-state index in [2.05, 4.69) is 22.5 Å². The van der Waals surface area contributed by atoms with Crippen LogP contribution in [0, 0.1) is 18.8 Å². The number of carbonyl (C=O) groups excluding carboxylic acids is 1. The third-order valence-electron chi connectivity index (χ3n) is 4.84. The van der Waals surface area contributed by atoms with Crippen LogP contribution in [0.4, 0.5) is 0 Å². The van der Waals surface area contributed by atoms with E-state index >= 15 is 0 Å². The zero-order valence-corrected chi connectivity index (χ0v) is 16.5. The molecule has 0 aliphatic carbocycles. The second kappa shape index (κ2) is 10.00. The van der Waals surface area contributed by atoms with Crippen molar-refractivity contribution in [1.29, 1.82) is 0 Å². The summed E-state index contributed by atoms with van der Waals surface area (Å²) in [5, 5.41) is 6.44. The Hall–Kier alpha value is -1.30. The van der Waals surface area contributed by atoms with Gasteiger partial charge in [-0.15, -0.1) is 24.8 Å². The van der Waals surface area contributed by atoms with Crippen LogP contribution < -0.4 is 10.6 Å². The van der Waals surface area contributed by atoms with Gasteiger partial charge in [-0.1, -0.05) is 13.0 Å². The van der Waals surface area contributed by atoms with Gasteiger partial charge in [-0.25, -0.2) is 4.98 Å². The summed E-state index contributed by atoms with van der Waals surface area (Å²) in [6.07, 6.45) is 7.01. The molecule has 25 heavy (non-hydrogen) atoms. The van der Waals surface area contributed by atoms with Gasteiger partial charge in [-0.3, -0.25) is 4.79 Å². The van der Waals surface area contributed by atoms with Crippen molar-refractivity contribution >= 4 is 36.4 Å². The fourth-order valence-corrected chi connectivity index (χ4v) is 3.37. The van der Waals surface area contributed by atoms with Crippen LogP contribution in [0.3, 0.4) is 0 Å². The molecule has 1 amide bonds. The molecule has 0 aromatic carbocycles. The highest BCUT2D eigenvalue weighted by Gasteiger charge is 2.21. The lowest BCUT2D eigenvalue weighted by atomic mass is 9.85. The molecule has 2 unspecified atom stereocenters. The van der Waals surface area contributed by atoms with Gasteiger partial charge in [0.05, 0.1) is 12.2 Å². The van der Waals surface area contributed by atoms with Crippen LogP contribution in [0.5, 0.6) is 0 Å². The lowest BCUT2D eigenvalue weighted by Crippen LogP contribution is -2.35. The molecular formula is C18H28Cl2N4O. The van der Waals surface area contributed by atoms with E-state index in [0.717, 1.165) is 30.0 Å². The van der Waals surface area contributed by atoms with Crippen molar-refractivity contribution in [3.05, 3.63) is 35.8 Å². The van der Waals surface area contributed by atoms with Crippen molar-refractivity contribution in [3.8, 4) is 0 Å². The van der Waals surface area contributed by atoms with Gasteiger partial charge in [0.2, 0.25) is 5.91 Å². The number of imidazole rings is 1. The number of amides is 1. The molecule has 2 N–H and O–H groups in total. The van der Waals surface area contributed by atoms with Gasteiger partial charge in [0.15, 0.2) is 0 Å². The normalized spacial score (nSPS) is 18.1. The number of halogens is 2. The van der Waals surface area contributed by atoms with Gasteiger partial charge in [0, 0.05) is 18.8 Å². The molecule has 0 radical (unpaired) electrons. The molecule has 3 heterocycles. The van der Waals surface area contributed by atoms with Crippen molar-refractivity contribution in [2.75, 3.05) is 13.1 Å². The number of nitrogens with zero attached hydrogens (tertiary/aromatic N) is 2. The maximum absolute atomic E-state index is 12.2. The van der Waals surface area contributed by atoms with Crippen molar-refractivity contribution < 1.29 is 4.79 Å². The Balaban J connectivity index is 0.00000156. The summed E-state index contributed by atoms with van der Waals surface area (Å²) in [5.74, 6) is 1.16. The number of nitrogens with one attached hydrogen (secondary N) is 2. The molecule has 0 saturated carbocycles. The van der Waals surface area contributed by atoms with Crippen LogP contribution in [0.2, 0.25) is 0 Å². The standard InChI is InChI=1S/C18H26N4O.2ClH/c1-13-5-4-8-22-12-16(21-18(13)22)11-20-17(23)9-14(2)15-6-3-7-19-10-15;;/h4-5,8,12,14-15,19H,3,6-7,9-11H2,1-2H3,(H,20,23);2*1H. The summed E-state index contributed by atoms with van der Waals surface area (Å²) in [6, 6.07) is 4.05. The lowest BCUT2D eigenvalue weighted by Gasteiger charge is -2.27. The summed E-state index contributed by atoms with van der Waals surface area (Å²) in [4.78, 5) is 16.8. The van der Waals surface area contributed by atoms with Gasteiger partial charge in [-0.2, -0.15) is 0 Å². The predicted molar refractivity (Wildman–Crippen MR) is 106 cm³/mol. The molecule has 2 atom stereocenters. The first-order valence-corrected chi connectivity index (χ1v) is 8.54. The van der Waals surface area contributed by atoms with E-state index < -0.39 is 0 Å². The van der Waals surface area contributed by atoms with E-state index in [1.165, 1.54) is 12.8 Å². The molecular weight excluding hydrogens is 359 g/mol. The molecule has 2 aromatic rings. The molecule has 1 aliphatic rings. The first-order valence-electron chi connectivity index (χ1n) is 8.54. The fraction of sp³-hybridized carbons (Fsp3) is 0.556. The first-order chi connectivity index (χ1) is 11.1. The lowest BCUT2D eigenvalue weighted by molar-refractivity contribution is -0.122. The van der Waals surface area contributed by atoms with Gasteiger partial charge >= 0.3 is 0 Å². The van der Waals surface area contributed by atoms with Gasteiger partial charge in [0.1, 0.15) is 5.65 Å². The number of pyridine rings is 1. The first kappa shape index (κ1) is 21.7. The maximum Gasteiger partial charge on any atom is 0.220 e. The van der Waals surface area contributed by atoms with Gasteiger partial charge in [0.25, 0.3) is 0 Å². The Morgan fingerprint density at radius 2 is 2.28 bits per heavy atom. The average molecular weight is 387 g/mol. The summed E-state index contributed by atoms with van der Waals surface area (Å²) in [7, 11) is 0. The number of fused-ring (bicyclic) bond motifs is 1. The molecule has 5 nitrogen and oxygen atoms in total. The second-order valence-corrected chi connectivity index (χ2v) is 6.72. The predicted octanol–water partition coefficient (Wildman–Crippen LogP) is 3.13. The minimum atomic E-state index is 0. The van der Waals surface area contributed by atoms with E-state index in [0.29, 0.717) is 24.8 Å². The Kier molecular flexibility index (Phi) is 8.69. The smallest absolute Gasteiger partial charge is 0.220 e. The molecule has 1 saturated heterocycles. The van der Waals surface area contributed by atoms with Crippen molar-refractivity contribution in [2.24, 2.45) is 11.8 Å². The summed E-state index contributed by atoms with van der Waals surface area (Å²) in [5.41, 5.74) is 3.00. The molecule has 7 heteroatoms. The molecule has 0 spiro atoms. The van der Waals surface area contributed by atoms with Gasteiger partial charge in [-0.05, 0) is 56.3 Å². The van der Waals surface area contributed by atoms with E-state index in [1.54, 1.807) is 0 Å². The Labute approximate surface area is 161 Å². The highest BCUT2D eigenvalue weighted by Crippen LogP contribution is 2.22. The zero-order valence-electron chi connectivity index (χ0n) is 14.8. The number of rotatable bonds is 5. The largest absolute Gasteiger partial charge is 0.350 e. The van der Waals surface area contributed by atoms with Crippen LogP contribution >= 0.6 is 24.8 Å². The van der Waals surface area contributed by atoms with E-state index in [-0.39, 0.29) is 30.7 Å². The third kappa shape index (κ3) is 5.59. The Bertz CT molecular complexity index is 683. The summed E-state index contributed by atoms with van der Waals surface area (Å²) >= 11 is 0. The average Bonchev–Trinajstić information content (AvgIpc) is 2.98. The van der Waals surface area contributed by atoms with Crippen LogP contribution in [0.1, 0.15) is 37.4 Å². The quantitative estimate of drug-likeness (QED) is 0.829. The SMILES string of the molecule is Cc1cccn2cc(CNC(=O)CC(C)C3CCCNC3)nc12.Cl.Cl. The molecule has 0 bridgehead atoms. The molecule has 1 aliphatic heterocycles. The molecule has 140 valence electrons. The van der Waals surface area contributed by atoms with Crippen LogP contribution in [0.25, 0.3) is 5.65 Å². The van der Waals surface area contributed by atoms with E-state index in [9.17, 15) is 4.79 Å². The Morgan fingerprint density at radius 1 is 1.48 bits per heavy atom. The van der Waals surface area contributed by atoms with E-state index in [4.69, 9.17) is 0 Å². The monoisotopic (exact) mass is 386 g/mol. The number of hydrogen-bond donors (Lipinski definition) is 2. The number of aromatic nitrogens is 2. The number of hydrogen-bond acceptors (Lipinski definition) is 3. The fourth-order valence-electron chi connectivity index (χ4n) is 3.37. The van der Waals surface area contributed by atoms with Crippen molar-refractivity contribution in [1.82, 2.24) is 20.0 Å². The van der Waals surface area contributed by atoms with E-state index in [1.807, 2.05) is 35.9 Å². The number of carbonyl (C=O) groups is 1. The zero-order chi connectivity index (χ0) is 16.2. The van der Waals surface area contributed by atoms with Crippen LogP contribution in [-0.2, 0) is 11.3 Å². The number of piperidine rings is 1. The van der Waals surface area contributed by atoms with Crippen molar-refractivity contribution in [2.45, 2.75) is 39.7 Å².